The van der Waals surface area contributed by atoms with Gasteiger partial charge in [-0.1, -0.05) is 0 Å². The van der Waals surface area contributed by atoms with Crippen LogP contribution in [0.2, 0.25) is 0 Å². The fraction of sp³-hybridized carbons (Fsp3) is 0.583. The first-order valence-electron chi connectivity index (χ1n) is 6.66. The molecule has 0 aromatic carbocycles. The molecule has 130 valence electrons. The molecular formula is C12H20N3O7P. The fourth-order valence-electron chi connectivity index (χ4n) is 1.72. The molecule has 0 spiro atoms. The lowest BCUT2D eigenvalue weighted by atomic mass is 10.3. The standard InChI is InChI=1S/C12H20N3O7P/c1-8-4-15(12(18)14-11(8)17)5-10(16)13-9(6-21-2)7-22-23(3,19)20/h4,9H,5-7H2,1-3H3,(H,13,16)(H,19,20)(H,14,17,18)/t9-/m0/s1. The first-order valence-corrected chi connectivity index (χ1v) is 8.68. The van der Waals surface area contributed by atoms with Crippen molar-refractivity contribution in [2.45, 2.75) is 19.5 Å². The van der Waals surface area contributed by atoms with Crippen molar-refractivity contribution in [2.24, 2.45) is 0 Å². The third kappa shape index (κ3) is 6.91. The van der Waals surface area contributed by atoms with Gasteiger partial charge in [0.25, 0.3) is 5.56 Å². The van der Waals surface area contributed by atoms with Crippen LogP contribution in [0.5, 0.6) is 0 Å². The molecule has 0 saturated heterocycles. The van der Waals surface area contributed by atoms with Crippen LogP contribution < -0.4 is 16.6 Å². The van der Waals surface area contributed by atoms with Crippen molar-refractivity contribution in [3.63, 3.8) is 0 Å². The van der Waals surface area contributed by atoms with Crippen LogP contribution in [-0.2, 0) is 25.2 Å². The van der Waals surface area contributed by atoms with E-state index >= 15 is 0 Å². The topological polar surface area (TPSA) is 140 Å². The Morgan fingerprint density at radius 1 is 1.48 bits per heavy atom. The minimum absolute atomic E-state index is 0.0608. The fourth-order valence-corrected chi connectivity index (χ4v) is 2.18. The third-order valence-electron chi connectivity index (χ3n) is 2.75. The van der Waals surface area contributed by atoms with Gasteiger partial charge in [0.05, 0.1) is 19.3 Å². The highest BCUT2D eigenvalue weighted by Crippen LogP contribution is 2.36. The molecule has 0 bridgehead atoms. The summed E-state index contributed by atoms with van der Waals surface area (Å²) in [5.41, 5.74) is -0.927. The molecule has 1 rings (SSSR count). The normalized spacial score (nSPS) is 15.0. The molecule has 0 saturated carbocycles. The Hall–Kier alpha value is -1.74. The zero-order valence-electron chi connectivity index (χ0n) is 13.1. The number of aryl methyl sites for hydroxylation is 1. The summed E-state index contributed by atoms with van der Waals surface area (Å²) in [6.07, 6.45) is 1.27. The summed E-state index contributed by atoms with van der Waals surface area (Å²) >= 11 is 0. The number of ether oxygens (including phenoxy) is 1. The van der Waals surface area contributed by atoms with E-state index in [9.17, 15) is 18.9 Å². The second kappa shape index (κ2) is 8.21. The van der Waals surface area contributed by atoms with Crippen LogP contribution in [0, 0.1) is 6.92 Å². The van der Waals surface area contributed by atoms with Gasteiger partial charge in [0, 0.05) is 25.5 Å². The van der Waals surface area contributed by atoms with Gasteiger partial charge in [-0.05, 0) is 6.92 Å². The van der Waals surface area contributed by atoms with E-state index in [1.165, 1.54) is 20.2 Å². The van der Waals surface area contributed by atoms with Crippen molar-refractivity contribution in [1.82, 2.24) is 14.9 Å². The molecule has 1 amide bonds. The number of methoxy groups -OCH3 is 1. The van der Waals surface area contributed by atoms with E-state index in [1.807, 2.05) is 0 Å². The lowest BCUT2D eigenvalue weighted by Crippen LogP contribution is -2.44. The molecule has 10 nitrogen and oxygen atoms in total. The molecule has 23 heavy (non-hydrogen) atoms. The van der Waals surface area contributed by atoms with Crippen LogP contribution in [0.25, 0.3) is 0 Å². The maximum absolute atomic E-state index is 12.0. The number of hydrogen-bond acceptors (Lipinski definition) is 6. The number of nitrogens with one attached hydrogen (secondary N) is 2. The van der Waals surface area contributed by atoms with Crippen LogP contribution in [-0.4, -0.2) is 53.4 Å². The van der Waals surface area contributed by atoms with Gasteiger partial charge in [-0.15, -0.1) is 0 Å². The quantitative estimate of drug-likeness (QED) is 0.501. The first-order chi connectivity index (χ1) is 10.6. The molecule has 1 unspecified atom stereocenters. The van der Waals surface area contributed by atoms with E-state index in [2.05, 4.69) is 10.3 Å². The molecular weight excluding hydrogens is 329 g/mol. The van der Waals surface area contributed by atoms with Crippen molar-refractivity contribution in [2.75, 3.05) is 27.0 Å². The average Bonchev–Trinajstić information content (AvgIpc) is 2.41. The molecule has 2 atom stereocenters. The van der Waals surface area contributed by atoms with E-state index in [0.29, 0.717) is 5.56 Å². The number of carbonyl (C=O) groups excluding carboxylic acids is 1. The minimum atomic E-state index is -3.67. The molecule has 11 heteroatoms. The zero-order valence-corrected chi connectivity index (χ0v) is 14.0. The molecule has 0 aliphatic heterocycles. The smallest absolute Gasteiger partial charge is 0.328 e. The Kier molecular flexibility index (Phi) is 6.89. The first kappa shape index (κ1) is 19.3. The second-order valence-corrected chi connectivity index (χ2v) is 6.88. The number of hydrogen-bond donors (Lipinski definition) is 3. The molecule has 0 aliphatic rings. The molecule has 0 radical (unpaired) electrons. The highest BCUT2D eigenvalue weighted by Gasteiger charge is 2.18. The van der Waals surface area contributed by atoms with E-state index in [0.717, 1.165) is 11.2 Å². The van der Waals surface area contributed by atoms with Gasteiger partial charge in [0.15, 0.2) is 0 Å². The highest BCUT2D eigenvalue weighted by molar-refractivity contribution is 7.51. The van der Waals surface area contributed by atoms with Crippen LogP contribution in [0.4, 0.5) is 0 Å². The molecule has 1 aromatic heterocycles. The lowest BCUT2D eigenvalue weighted by Gasteiger charge is -2.19. The van der Waals surface area contributed by atoms with E-state index in [4.69, 9.17) is 14.2 Å². The monoisotopic (exact) mass is 349 g/mol. The van der Waals surface area contributed by atoms with Crippen LogP contribution >= 0.6 is 7.60 Å². The number of aromatic amines is 1. The summed E-state index contributed by atoms with van der Waals surface area (Å²) in [4.78, 5) is 46.0. The van der Waals surface area contributed by atoms with Gasteiger partial charge in [-0.25, -0.2) is 4.79 Å². The number of rotatable bonds is 8. The summed E-state index contributed by atoms with van der Waals surface area (Å²) in [7, 11) is -2.27. The summed E-state index contributed by atoms with van der Waals surface area (Å²) in [5, 5.41) is 2.53. The molecule has 3 N–H and O–H groups in total. The number of nitrogens with zero attached hydrogens (tertiary/aromatic N) is 1. The average molecular weight is 349 g/mol. The van der Waals surface area contributed by atoms with Gasteiger partial charge >= 0.3 is 13.3 Å². The zero-order chi connectivity index (χ0) is 17.6. The van der Waals surface area contributed by atoms with Crippen LogP contribution in [0.15, 0.2) is 15.8 Å². The SMILES string of the molecule is COC[C@@H](COP(C)(=O)O)NC(=O)Cn1cc(C)c(=O)[nH]c1=O. The van der Waals surface area contributed by atoms with Crippen molar-refractivity contribution < 1.29 is 23.5 Å². The maximum atomic E-state index is 12.0. The van der Waals surface area contributed by atoms with Crippen molar-refractivity contribution in [1.29, 1.82) is 0 Å². The van der Waals surface area contributed by atoms with Gasteiger partial charge in [0.1, 0.15) is 6.54 Å². The van der Waals surface area contributed by atoms with Crippen LogP contribution in [0.3, 0.4) is 0 Å². The molecule has 1 heterocycles. The highest BCUT2D eigenvalue weighted by atomic mass is 31.2. The number of amides is 1. The van der Waals surface area contributed by atoms with Gasteiger partial charge in [0.2, 0.25) is 5.91 Å². The van der Waals surface area contributed by atoms with Gasteiger partial charge < -0.3 is 19.5 Å². The van der Waals surface area contributed by atoms with Gasteiger partial charge in [-0.3, -0.25) is 23.7 Å². The summed E-state index contributed by atoms with van der Waals surface area (Å²) in [5.74, 6) is -0.534. The number of carbonyl (C=O) groups is 1. The summed E-state index contributed by atoms with van der Waals surface area (Å²) in [6, 6.07) is -0.660. The Morgan fingerprint density at radius 3 is 2.70 bits per heavy atom. The third-order valence-corrected chi connectivity index (χ3v) is 3.38. The van der Waals surface area contributed by atoms with Crippen molar-refractivity contribution in [3.05, 3.63) is 32.6 Å². The van der Waals surface area contributed by atoms with E-state index < -0.39 is 30.8 Å². The Labute approximate surface area is 132 Å². The Balaban J connectivity index is 2.72. The predicted molar refractivity (Wildman–Crippen MR) is 81.6 cm³/mol. The van der Waals surface area contributed by atoms with Gasteiger partial charge in [-0.2, -0.15) is 0 Å². The second-order valence-electron chi connectivity index (χ2n) is 5.02. The number of H-pyrrole nitrogens is 1. The maximum Gasteiger partial charge on any atom is 0.328 e. The Bertz CT molecular complexity index is 705. The molecule has 0 fully saturated rings. The minimum Gasteiger partial charge on any atom is -0.382 e. The Morgan fingerprint density at radius 2 is 2.13 bits per heavy atom. The van der Waals surface area contributed by atoms with E-state index in [1.54, 1.807) is 0 Å². The largest absolute Gasteiger partial charge is 0.382 e. The van der Waals surface area contributed by atoms with Crippen molar-refractivity contribution in [3.8, 4) is 0 Å². The van der Waals surface area contributed by atoms with Crippen molar-refractivity contribution >= 4 is 13.5 Å². The predicted octanol–water partition coefficient (Wildman–Crippen LogP) is -1.19. The number of aromatic nitrogens is 2. The summed E-state index contributed by atoms with van der Waals surface area (Å²) < 4.78 is 21.8. The molecule has 1 aromatic rings. The summed E-state index contributed by atoms with van der Waals surface area (Å²) in [6.45, 7) is 2.06. The lowest BCUT2D eigenvalue weighted by molar-refractivity contribution is -0.123. The van der Waals surface area contributed by atoms with E-state index in [-0.39, 0.29) is 19.8 Å². The molecule has 0 aliphatic carbocycles. The van der Waals surface area contributed by atoms with Crippen LogP contribution in [0.1, 0.15) is 5.56 Å².